The third-order valence-corrected chi connectivity index (χ3v) is 8.04. The lowest BCUT2D eigenvalue weighted by atomic mass is 9.86. The first kappa shape index (κ1) is 23.7. The molecule has 7 heteroatoms. The number of anilines is 1. The Morgan fingerprint density at radius 3 is 2.54 bits per heavy atom. The number of aliphatic imine (C=N–C) groups is 1. The van der Waals surface area contributed by atoms with Crippen LogP contribution in [0.4, 0.5) is 10.5 Å². The number of carbonyl (C=O) groups is 1. The number of aromatic nitrogens is 1. The summed E-state index contributed by atoms with van der Waals surface area (Å²) in [4.78, 5) is 21.9. The minimum absolute atomic E-state index is 0.0752. The zero-order valence-electron chi connectivity index (χ0n) is 20.0. The van der Waals surface area contributed by atoms with Gasteiger partial charge in [-0.15, -0.1) is 11.3 Å². The molecule has 0 saturated heterocycles. The molecule has 3 aromatic rings. The van der Waals surface area contributed by atoms with Crippen LogP contribution in [0.3, 0.4) is 0 Å². The topological polar surface area (TPSA) is 86.6 Å². The van der Waals surface area contributed by atoms with Crippen LogP contribution in [0.5, 0.6) is 0 Å². The van der Waals surface area contributed by atoms with E-state index < -0.39 is 6.23 Å². The van der Waals surface area contributed by atoms with Crippen LogP contribution in [0.1, 0.15) is 91.4 Å². The fraction of sp³-hybridized carbons (Fsp3) is 0.393. The van der Waals surface area contributed by atoms with E-state index in [0.717, 1.165) is 27.5 Å². The van der Waals surface area contributed by atoms with Crippen LogP contribution in [-0.2, 0) is 0 Å². The standard InChI is InChI=1S/C28H32N4O2S/c1-2-22-24(27-30-23(17-35-27)18-9-5-3-6-10-18)25(32-28(34)31-22)19-13-15-21(16-14-19)29-26(33)20-11-7-4-8-12-20/h4,7-8,11-18,24-26,29,33H,2-3,5-6,9-10H2,1H3,(H,32,34). The van der Waals surface area contributed by atoms with Crippen LogP contribution in [0.2, 0.25) is 0 Å². The molecule has 1 aliphatic heterocycles. The highest BCUT2D eigenvalue weighted by Gasteiger charge is 2.36. The molecule has 5 rings (SSSR count). The summed E-state index contributed by atoms with van der Waals surface area (Å²) < 4.78 is 0. The van der Waals surface area contributed by atoms with Crippen LogP contribution in [0, 0.1) is 0 Å². The number of thiazole rings is 1. The summed E-state index contributed by atoms with van der Waals surface area (Å²) in [5, 5.41) is 20.0. The fourth-order valence-corrected chi connectivity index (χ4v) is 6.26. The number of carbonyl (C=O) groups excluding carboxylic acids is 1. The van der Waals surface area contributed by atoms with Gasteiger partial charge in [-0.1, -0.05) is 68.7 Å². The minimum Gasteiger partial charge on any atom is -0.369 e. The monoisotopic (exact) mass is 488 g/mol. The van der Waals surface area contributed by atoms with Crippen LogP contribution in [0.25, 0.3) is 0 Å². The molecular weight excluding hydrogens is 456 g/mol. The number of nitrogens with zero attached hydrogens (tertiary/aromatic N) is 2. The molecule has 1 fully saturated rings. The second-order valence-electron chi connectivity index (χ2n) is 9.39. The van der Waals surface area contributed by atoms with Gasteiger partial charge >= 0.3 is 6.03 Å². The number of hydrogen-bond donors (Lipinski definition) is 3. The lowest BCUT2D eigenvalue weighted by Gasteiger charge is -2.31. The zero-order chi connectivity index (χ0) is 24.2. The van der Waals surface area contributed by atoms with Crippen molar-refractivity contribution in [2.45, 2.75) is 69.6 Å². The van der Waals surface area contributed by atoms with Crippen molar-refractivity contribution >= 4 is 28.8 Å². The number of nitrogens with one attached hydrogen (secondary N) is 2. The highest BCUT2D eigenvalue weighted by atomic mass is 32.1. The van der Waals surface area contributed by atoms with E-state index in [1.165, 1.54) is 37.8 Å². The van der Waals surface area contributed by atoms with E-state index in [1.807, 2.05) is 54.6 Å². The maximum absolute atomic E-state index is 12.5. The van der Waals surface area contributed by atoms with Crippen molar-refractivity contribution in [1.29, 1.82) is 0 Å². The fourth-order valence-electron chi connectivity index (χ4n) is 5.19. The van der Waals surface area contributed by atoms with E-state index >= 15 is 0 Å². The largest absolute Gasteiger partial charge is 0.369 e. The molecule has 35 heavy (non-hydrogen) atoms. The van der Waals surface area contributed by atoms with Gasteiger partial charge in [-0.2, -0.15) is 0 Å². The van der Waals surface area contributed by atoms with Crippen molar-refractivity contribution in [1.82, 2.24) is 10.3 Å². The molecule has 0 radical (unpaired) electrons. The Labute approximate surface area is 210 Å². The molecule has 1 aromatic heterocycles. The Balaban J connectivity index is 1.38. The summed E-state index contributed by atoms with van der Waals surface area (Å²) in [7, 11) is 0. The van der Waals surface area contributed by atoms with Gasteiger partial charge in [0.05, 0.1) is 17.7 Å². The molecule has 3 unspecified atom stereocenters. The second kappa shape index (κ2) is 10.7. The van der Waals surface area contributed by atoms with Crippen LogP contribution in [0.15, 0.2) is 65.0 Å². The molecule has 182 valence electrons. The molecule has 1 aliphatic carbocycles. The molecule has 2 aromatic carbocycles. The number of benzene rings is 2. The first-order valence-electron chi connectivity index (χ1n) is 12.5. The summed E-state index contributed by atoms with van der Waals surface area (Å²) in [6, 6.07) is 16.9. The zero-order valence-corrected chi connectivity index (χ0v) is 20.8. The lowest BCUT2D eigenvalue weighted by Crippen LogP contribution is -2.39. The van der Waals surface area contributed by atoms with Gasteiger partial charge in [0.25, 0.3) is 0 Å². The van der Waals surface area contributed by atoms with Gasteiger partial charge in [0, 0.05) is 28.3 Å². The summed E-state index contributed by atoms with van der Waals surface area (Å²) in [5.41, 5.74) is 4.69. The van der Waals surface area contributed by atoms with Crippen molar-refractivity contribution in [2.24, 2.45) is 4.99 Å². The number of rotatable bonds is 7. The van der Waals surface area contributed by atoms with Gasteiger partial charge in [0.2, 0.25) is 0 Å². The number of urea groups is 1. The summed E-state index contributed by atoms with van der Waals surface area (Å²) in [6.07, 6.45) is 6.22. The van der Waals surface area contributed by atoms with Gasteiger partial charge in [0.1, 0.15) is 5.01 Å². The smallest absolute Gasteiger partial charge is 0.341 e. The molecule has 0 bridgehead atoms. The van der Waals surface area contributed by atoms with E-state index in [-0.39, 0.29) is 18.0 Å². The Morgan fingerprint density at radius 2 is 1.83 bits per heavy atom. The molecule has 3 N–H and O–H groups in total. The molecule has 1 saturated carbocycles. The number of aliphatic hydroxyl groups is 1. The van der Waals surface area contributed by atoms with E-state index in [9.17, 15) is 9.90 Å². The predicted octanol–water partition coefficient (Wildman–Crippen LogP) is 6.69. The number of hydrogen-bond acceptors (Lipinski definition) is 5. The van der Waals surface area contributed by atoms with Crippen molar-refractivity contribution in [2.75, 3.05) is 5.32 Å². The average molecular weight is 489 g/mol. The number of aliphatic hydroxyl groups excluding tert-OH is 1. The highest BCUT2D eigenvalue weighted by Crippen LogP contribution is 2.40. The summed E-state index contributed by atoms with van der Waals surface area (Å²) >= 11 is 1.69. The Hall–Kier alpha value is -3.03. The maximum atomic E-state index is 12.5. The first-order valence-corrected chi connectivity index (χ1v) is 13.4. The van der Waals surface area contributed by atoms with Crippen molar-refractivity contribution in [3.05, 3.63) is 81.8 Å². The normalized spacial score (nSPS) is 21.8. The maximum Gasteiger partial charge on any atom is 0.341 e. The quantitative estimate of drug-likeness (QED) is 0.323. The second-order valence-corrected chi connectivity index (χ2v) is 10.3. The van der Waals surface area contributed by atoms with Gasteiger partial charge < -0.3 is 15.7 Å². The van der Waals surface area contributed by atoms with Crippen LogP contribution in [-0.4, -0.2) is 21.8 Å². The average Bonchev–Trinajstić information content (AvgIpc) is 3.39. The SMILES string of the molecule is CCC1=NC(=O)NC(c2ccc(NC(O)c3ccccc3)cc2)C1c1nc(C2CCCCC2)cs1. The summed E-state index contributed by atoms with van der Waals surface area (Å²) in [5.74, 6) is 0.475. The third kappa shape index (κ3) is 5.31. The van der Waals surface area contributed by atoms with E-state index in [0.29, 0.717) is 12.3 Å². The van der Waals surface area contributed by atoms with Gasteiger partial charge in [-0.25, -0.2) is 14.8 Å². The third-order valence-electron chi connectivity index (χ3n) is 7.10. The molecule has 2 heterocycles. The lowest BCUT2D eigenvalue weighted by molar-refractivity contribution is 0.208. The van der Waals surface area contributed by atoms with Crippen LogP contribution >= 0.6 is 11.3 Å². The predicted molar refractivity (Wildman–Crippen MR) is 141 cm³/mol. The van der Waals surface area contributed by atoms with Crippen molar-refractivity contribution < 1.29 is 9.90 Å². The Kier molecular flexibility index (Phi) is 7.25. The Bertz CT molecular complexity index is 1170. The molecular formula is C28H32N4O2S. The molecule has 0 spiro atoms. The molecule has 6 nitrogen and oxygen atoms in total. The van der Waals surface area contributed by atoms with E-state index in [2.05, 4.69) is 27.9 Å². The van der Waals surface area contributed by atoms with E-state index in [1.54, 1.807) is 11.3 Å². The first-order chi connectivity index (χ1) is 17.1. The Morgan fingerprint density at radius 1 is 1.09 bits per heavy atom. The summed E-state index contributed by atoms with van der Waals surface area (Å²) in [6.45, 7) is 2.05. The van der Waals surface area contributed by atoms with Gasteiger partial charge in [-0.05, 0) is 37.0 Å². The van der Waals surface area contributed by atoms with E-state index in [4.69, 9.17) is 4.98 Å². The molecule has 2 aliphatic rings. The minimum atomic E-state index is -0.795. The number of amides is 2. The molecule has 3 atom stereocenters. The van der Waals surface area contributed by atoms with Crippen molar-refractivity contribution in [3.63, 3.8) is 0 Å². The highest BCUT2D eigenvalue weighted by molar-refractivity contribution is 7.09. The van der Waals surface area contributed by atoms with Crippen LogP contribution < -0.4 is 10.6 Å². The molecule has 2 amide bonds. The van der Waals surface area contributed by atoms with Crippen molar-refractivity contribution in [3.8, 4) is 0 Å². The van der Waals surface area contributed by atoms with Gasteiger partial charge in [0.15, 0.2) is 6.23 Å². The van der Waals surface area contributed by atoms with Gasteiger partial charge in [-0.3, -0.25) is 0 Å².